The number of benzene rings is 3. The van der Waals surface area contributed by atoms with Gasteiger partial charge in [0.15, 0.2) is 11.0 Å². The highest BCUT2D eigenvalue weighted by Gasteiger charge is 2.17. The molecule has 1 amide bonds. The molecule has 4 rings (SSSR count). The lowest BCUT2D eigenvalue weighted by atomic mass is 9.99. The minimum absolute atomic E-state index is 0.106. The molecular formula is C30H34N4O3S. The number of hydrogen-bond donors (Lipinski definition) is 1. The second-order valence-corrected chi connectivity index (χ2v) is 9.97. The Bertz CT molecular complexity index is 1320. The fourth-order valence-electron chi connectivity index (χ4n) is 3.84. The minimum atomic E-state index is -0.106. The Balaban J connectivity index is 1.48. The fourth-order valence-corrected chi connectivity index (χ4v) is 4.62. The van der Waals surface area contributed by atoms with Crippen LogP contribution in [-0.2, 0) is 11.4 Å². The number of nitrogens with zero attached hydrogens (tertiary/aromatic N) is 3. The van der Waals surface area contributed by atoms with Crippen molar-refractivity contribution in [2.75, 3.05) is 17.7 Å². The maximum absolute atomic E-state index is 12.7. The van der Waals surface area contributed by atoms with E-state index in [-0.39, 0.29) is 18.3 Å². The molecule has 4 aromatic rings. The zero-order valence-corrected chi connectivity index (χ0v) is 23.1. The summed E-state index contributed by atoms with van der Waals surface area (Å²) in [5.41, 5.74) is 4.08. The number of carbonyl (C=O) groups excluding carboxylic acids is 1. The molecule has 198 valence electrons. The Morgan fingerprint density at radius 3 is 2.24 bits per heavy atom. The van der Waals surface area contributed by atoms with E-state index in [4.69, 9.17) is 9.47 Å². The first-order valence-electron chi connectivity index (χ1n) is 12.9. The van der Waals surface area contributed by atoms with Crippen LogP contribution in [0.25, 0.3) is 5.69 Å². The van der Waals surface area contributed by atoms with Crippen LogP contribution in [0.1, 0.15) is 50.1 Å². The smallest absolute Gasteiger partial charge is 0.234 e. The molecule has 0 radical (unpaired) electrons. The van der Waals surface area contributed by atoms with E-state index in [0.717, 1.165) is 29.3 Å². The van der Waals surface area contributed by atoms with Gasteiger partial charge in [-0.2, -0.15) is 0 Å². The number of nitrogens with one attached hydrogen (secondary N) is 1. The van der Waals surface area contributed by atoms with Crippen LogP contribution in [0.5, 0.6) is 11.5 Å². The number of amides is 1. The predicted molar refractivity (Wildman–Crippen MR) is 153 cm³/mol. The number of hydrogen-bond acceptors (Lipinski definition) is 6. The Labute approximate surface area is 228 Å². The molecule has 7 nitrogen and oxygen atoms in total. The van der Waals surface area contributed by atoms with Gasteiger partial charge in [0.1, 0.15) is 18.1 Å². The number of anilines is 1. The van der Waals surface area contributed by atoms with Crippen molar-refractivity contribution in [1.29, 1.82) is 0 Å². The van der Waals surface area contributed by atoms with Gasteiger partial charge in [0.05, 0.1) is 12.4 Å². The number of thioether (sulfide) groups is 1. The van der Waals surface area contributed by atoms with Crippen molar-refractivity contribution in [3.8, 4) is 17.2 Å². The standard InChI is InChI=1S/C30H34N4O3S/c1-5-22(4)23-9-11-24(12-10-23)31-29(35)20-38-30-33-32-28(19-37-27-15-7-21(3)8-16-27)34(30)25-13-17-26(18-14-25)36-6-2/h7-18,22H,5-6,19-20H2,1-4H3,(H,31,35)/t22-/m0/s1. The first-order valence-corrected chi connectivity index (χ1v) is 13.8. The molecule has 1 N–H and O–H groups in total. The van der Waals surface area contributed by atoms with Crippen LogP contribution < -0.4 is 14.8 Å². The zero-order chi connectivity index (χ0) is 26.9. The first kappa shape index (κ1) is 27.3. The highest BCUT2D eigenvalue weighted by Crippen LogP contribution is 2.26. The Morgan fingerprint density at radius 2 is 1.58 bits per heavy atom. The highest BCUT2D eigenvalue weighted by molar-refractivity contribution is 7.99. The van der Waals surface area contributed by atoms with E-state index in [1.54, 1.807) is 0 Å². The molecule has 0 spiro atoms. The second kappa shape index (κ2) is 13.1. The van der Waals surface area contributed by atoms with Gasteiger partial charge in [-0.1, -0.05) is 55.4 Å². The predicted octanol–water partition coefficient (Wildman–Crippen LogP) is 6.80. The van der Waals surface area contributed by atoms with Gasteiger partial charge in [-0.05, 0) is 80.3 Å². The second-order valence-electron chi connectivity index (χ2n) is 9.03. The van der Waals surface area contributed by atoms with E-state index in [2.05, 4.69) is 41.5 Å². The van der Waals surface area contributed by atoms with Gasteiger partial charge in [0.2, 0.25) is 5.91 Å². The van der Waals surface area contributed by atoms with Gasteiger partial charge in [0, 0.05) is 11.4 Å². The molecule has 0 saturated carbocycles. The number of ether oxygens (including phenoxy) is 2. The maximum Gasteiger partial charge on any atom is 0.234 e. The summed E-state index contributed by atoms with van der Waals surface area (Å²) < 4.78 is 13.5. The van der Waals surface area contributed by atoms with Crippen LogP contribution in [0.15, 0.2) is 78.0 Å². The van der Waals surface area contributed by atoms with Crippen LogP contribution in [0.3, 0.4) is 0 Å². The molecule has 1 aromatic heterocycles. The van der Waals surface area contributed by atoms with Gasteiger partial charge in [-0.25, -0.2) is 0 Å². The van der Waals surface area contributed by atoms with Crippen molar-refractivity contribution in [2.45, 2.75) is 51.8 Å². The van der Waals surface area contributed by atoms with Crippen LogP contribution in [-0.4, -0.2) is 33.0 Å². The van der Waals surface area contributed by atoms with Crippen molar-refractivity contribution in [3.63, 3.8) is 0 Å². The normalized spacial score (nSPS) is 11.7. The van der Waals surface area contributed by atoms with E-state index in [1.807, 2.05) is 79.1 Å². The number of rotatable bonds is 12. The molecule has 3 aromatic carbocycles. The number of carbonyl (C=O) groups is 1. The van der Waals surface area contributed by atoms with Crippen molar-refractivity contribution in [1.82, 2.24) is 14.8 Å². The molecule has 0 aliphatic carbocycles. The highest BCUT2D eigenvalue weighted by atomic mass is 32.2. The Kier molecular flexibility index (Phi) is 9.43. The molecule has 0 fully saturated rings. The first-order chi connectivity index (χ1) is 18.5. The lowest BCUT2D eigenvalue weighted by Gasteiger charge is -2.13. The van der Waals surface area contributed by atoms with Crippen LogP contribution in [0.2, 0.25) is 0 Å². The van der Waals surface area contributed by atoms with E-state index in [0.29, 0.717) is 23.5 Å². The molecule has 38 heavy (non-hydrogen) atoms. The summed E-state index contributed by atoms with van der Waals surface area (Å²) in [7, 11) is 0. The fraction of sp³-hybridized carbons (Fsp3) is 0.300. The summed E-state index contributed by atoms with van der Waals surface area (Å²) in [5, 5.41) is 12.4. The zero-order valence-electron chi connectivity index (χ0n) is 22.3. The summed E-state index contributed by atoms with van der Waals surface area (Å²) in [6.45, 7) is 9.19. The Hall–Kier alpha value is -3.78. The SMILES string of the molecule is CCOc1ccc(-n2c(COc3ccc(C)cc3)nnc2SCC(=O)Nc2ccc([C@@H](C)CC)cc2)cc1. The van der Waals surface area contributed by atoms with E-state index in [1.165, 1.54) is 22.9 Å². The van der Waals surface area contributed by atoms with Crippen LogP contribution >= 0.6 is 11.8 Å². The maximum atomic E-state index is 12.7. The topological polar surface area (TPSA) is 78.3 Å². The van der Waals surface area contributed by atoms with Crippen molar-refractivity contribution < 1.29 is 14.3 Å². The van der Waals surface area contributed by atoms with E-state index in [9.17, 15) is 4.79 Å². The lowest BCUT2D eigenvalue weighted by molar-refractivity contribution is -0.113. The van der Waals surface area contributed by atoms with E-state index < -0.39 is 0 Å². The van der Waals surface area contributed by atoms with Gasteiger partial charge >= 0.3 is 0 Å². The summed E-state index contributed by atoms with van der Waals surface area (Å²) in [6, 6.07) is 23.6. The van der Waals surface area contributed by atoms with Crippen molar-refractivity contribution in [3.05, 3.63) is 89.7 Å². The molecule has 8 heteroatoms. The molecule has 0 saturated heterocycles. The third-order valence-corrected chi connectivity index (χ3v) is 7.13. The molecule has 0 aliphatic heterocycles. The minimum Gasteiger partial charge on any atom is -0.494 e. The average molecular weight is 531 g/mol. The van der Waals surface area contributed by atoms with Gasteiger partial charge in [-0.15, -0.1) is 10.2 Å². The summed E-state index contributed by atoms with van der Waals surface area (Å²) in [4.78, 5) is 12.7. The largest absolute Gasteiger partial charge is 0.494 e. The monoisotopic (exact) mass is 530 g/mol. The van der Waals surface area contributed by atoms with Crippen molar-refractivity contribution >= 4 is 23.4 Å². The van der Waals surface area contributed by atoms with Crippen molar-refractivity contribution in [2.24, 2.45) is 0 Å². The quantitative estimate of drug-likeness (QED) is 0.203. The summed E-state index contributed by atoms with van der Waals surface area (Å²) >= 11 is 1.33. The molecular weight excluding hydrogens is 496 g/mol. The summed E-state index contributed by atoms with van der Waals surface area (Å²) in [5.74, 6) is 2.76. The molecule has 0 unspecified atom stereocenters. The van der Waals surface area contributed by atoms with Gasteiger partial charge in [-0.3, -0.25) is 9.36 Å². The van der Waals surface area contributed by atoms with Crippen LogP contribution in [0, 0.1) is 6.92 Å². The molecule has 0 bridgehead atoms. The molecule has 1 heterocycles. The molecule has 1 atom stereocenters. The third-order valence-electron chi connectivity index (χ3n) is 6.20. The number of aryl methyl sites for hydroxylation is 1. The molecule has 0 aliphatic rings. The summed E-state index contributed by atoms with van der Waals surface area (Å²) in [6.07, 6.45) is 1.08. The Morgan fingerprint density at radius 1 is 0.921 bits per heavy atom. The van der Waals surface area contributed by atoms with E-state index >= 15 is 0 Å². The van der Waals surface area contributed by atoms with Gasteiger partial charge in [0.25, 0.3) is 0 Å². The number of aromatic nitrogens is 3. The third kappa shape index (κ3) is 7.16. The average Bonchev–Trinajstić information content (AvgIpc) is 3.35. The lowest BCUT2D eigenvalue weighted by Crippen LogP contribution is -2.15. The van der Waals surface area contributed by atoms with Crippen LogP contribution in [0.4, 0.5) is 5.69 Å². The van der Waals surface area contributed by atoms with Gasteiger partial charge < -0.3 is 14.8 Å².